The van der Waals surface area contributed by atoms with Gasteiger partial charge >= 0.3 is 37.7 Å². The van der Waals surface area contributed by atoms with Crippen molar-refractivity contribution in [2.24, 2.45) is 0 Å². The SMILES string of the molecule is [Ca+2].[O-]c1cc(Cl)ccc1-c1ncco1.[O-]c1cc(Cl)ccc1-c1ncco1. The summed E-state index contributed by atoms with van der Waals surface area (Å²) in [6.45, 7) is 0. The van der Waals surface area contributed by atoms with E-state index in [2.05, 4.69) is 9.97 Å². The van der Waals surface area contributed by atoms with Crippen LogP contribution in [0.1, 0.15) is 0 Å². The molecular formula is C18H10CaCl2N2O4. The molecule has 2 aromatic carbocycles. The first-order valence-electron chi connectivity index (χ1n) is 7.27. The standard InChI is InChI=1S/2C9H6ClNO2.Ca/c2*10-6-1-2-7(8(12)5-6)9-11-3-4-13-9;/h2*1-5,12H;/q;;+2/p-2. The molecule has 0 saturated heterocycles. The maximum absolute atomic E-state index is 11.4. The van der Waals surface area contributed by atoms with Crippen LogP contribution < -0.4 is 10.2 Å². The van der Waals surface area contributed by atoms with Gasteiger partial charge in [0.2, 0.25) is 11.8 Å². The van der Waals surface area contributed by atoms with Crippen molar-refractivity contribution in [1.82, 2.24) is 9.97 Å². The molecule has 2 heterocycles. The summed E-state index contributed by atoms with van der Waals surface area (Å²) in [5, 5.41) is 23.5. The smallest absolute Gasteiger partial charge is 0.872 e. The minimum absolute atomic E-state index is 0. The third-order valence-corrected chi connectivity index (χ3v) is 3.68. The van der Waals surface area contributed by atoms with Gasteiger partial charge in [-0.05, 0) is 24.3 Å². The Bertz CT molecular complexity index is 911. The zero-order valence-electron chi connectivity index (χ0n) is 13.8. The zero-order valence-corrected chi connectivity index (χ0v) is 17.5. The van der Waals surface area contributed by atoms with Gasteiger partial charge in [0, 0.05) is 21.2 Å². The quantitative estimate of drug-likeness (QED) is 0.450. The summed E-state index contributed by atoms with van der Waals surface area (Å²) >= 11 is 11.3. The van der Waals surface area contributed by atoms with Gasteiger partial charge in [-0.25, -0.2) is 9.97 Å². The Morgan fingerprint density at radius 3 is 1.41 bits per heavy atom. The van der Waals surface area contributed by atoms with Crippen molar-refractivity contribution in [1.29, 1.82) is 0 Å². The molecule has 6 nitrogen and oxygen atoms in total. The van der Waals surface area contributed by atoms with Crippen LogP contribution in [0.3, 0.4) is 0 Å². The fourth-order valence-electron chi connectivity index (χ4n) is 2.06. The molecule has 9 heteroatoms. The summed E-state index contributed by atoms with van der Waals surface area (Å²) in [5.41, 5.74) is 0.851. The number of benzene rings is 2. The van der Waals surface area contributed by atoms with E-state index >= 15 is 0 Å². The third kappa shape index (κ3) is 5.64. The van der Waals surface area contributed by atoms with Gasteiger partial charge in [-0.2, -0.15) is 0 Å². The molecule has 0 amide bonds. The van der Waals surface area contributed by atoms with Gasteiger partial charge in [0.05, 0.1) is 12.4 Å². The summed E-state index contributed by atoms with van der Waals surface area (Å²) in [4.78, 5) is 7.73. The molecule has 0 radical (unpaired) electrons. The monoisotopic (exact) mass is 428 g/mol. The van der Waals surface area contributed by atoms with Crippen molar-refractivity contribution in [3.63, 3.8) is 0 Å². The average Bonchev–Trinajstić information content (AvgIpc) is 3.29. The molecule has 0 bridgehead atoms. The van der Waals surface area contributed by atoms with Gasteiger partial charge in [0.15, 0.2) is 0 Å². The average molecular weight is 429 g/mol. The van der Waals surface area contributed by atoms with E-state index in [1.54, 1.807) is 24.3 Å². The van der Waals surface area contributed by atoms with Gasteiger partial charge in [-0.3, -0.25) is 0 Å². The molecule has 0 unspecified atom stereocenters. The van der Waals surface area contributed by atoms with Gasteiger partial charge in [0.25, 0.3) is 0 Å². The van der Waals surface area contributed by atoms with Crippen molar-refractivity contribution in [3.05, 3.63) is 71.4 Å². The molecular weight excluding hydrogens is 419 g/mol. The Morgan fingerprint density at radius 2 is 1.11 bits per heavy atom. The molecule has 0 aliphatic carbocycles. The van der Waals surface area contributed by atoms with E-state index in [-0.39, 0.29) is 49.2 Å². The Labute approximate surface area is 194 Å². The first kappa shape index (κ1) is 21.6. The molecule has 0 spiro atoms. The van der Waals surface area contributed by atoms with Crippen molar-refractivity contribution >= 4 is 60.9 Å². The van der Waals surface area contributed by atoms with Crippen molar-refractivity contribution in [3.8, 4) is 34.4 Å². The molecule has 0 aliphatic rings. The summed E-state index contributed by atoms with van der Waals surface area (Å²) in [5.74, 6) is 0.272. The number of nitrogens with zero attached hydrogens (tertiary/aromatic N) is 2. The van der Waals surface area contributed by atoms with Crippen LogP contribution in [-0.4, -0.2) is 47.7 Å². The predicted molar refractivity (Wildman–Crippen MR) is 98.5 cm³/mol. The maximum atomic E-state index is 11.4. The Kier molecular flexibility index (Phi) is 8.01. The van der Waals surface area contributed by atoms with Gasteiger partial charge in [0.1, 0.15) is 12.5 Å². The number of hydrogen-bond acceptors (Lipinski definition) is 6. The molecule has 132 valence electrons. The summed E-state index contributed by atoms with van der Waals surface area (Å²) in [7, 11) is 0. The second-order valence-corrected chi connectivity index (χ2v) is 5.83. The normalized spacial score (nSPS) is 9.85. The second kappa shape index (κ2) is 10.0. The van der Waals surface area contributed by atoms with E-state index < -0.39 is 0 Å². The van der Waals surface area contributed by atoms with E-state index in [0.29, 0.717) is 33.0 Å². The van der Waals surface area contributed by atoms with Crippen molar-refractivity contribution < 1.29 is 19.0 Å². The number of aromatic nitrogens is 2. The van der Waals surface area contributed by atoms with Crippen LogP contribution in [0.25, 0.3) is 22.9 Å². The van der Waals surface area contributed by atoms with Crippen LogP contribution in [0.15, 0.2) is 70.2 Å². The molecule has 0 aliphatic heterocycles. The molecule has 0 atom stereocenters. The molecule has 4 rings (SSSR count). The van der Waals surface area contributed by atoms with Crippen LogP contribution in [0.4, 0.5) is 0 Å². The second-order valence-electron chi connectivity index (χ2n) is 4.96. The first-order chi connectivity index (χ1) is 12.5. The molecule has 0 N–H and O–H groups in total. The fourth-order valence-corrected chi connectivity index (χ4v) is 2.38. The Hall–Kier alpha value is -1.70. The van der Waals surface area contributed by atoms with Crippen LogP contribution in [0.5, 0.6) is 11.5 Å². The number of hydrogen-bond donors (Lipinski definition) is 0. The number of halogens is 2. The van der Waals surface area contributed by atoms with E-state index in [1.807, 2.05) is 0 Å². The summed E-state index contributed by atoms with van der Waals surface area (Å²) in [6, 6.07) is 9.11. The van der Waals surface area contributed by atoms with E-state index in [1.165, 1.54) is 37.1 Å². The molecule has 0 saturated carbocycles. The largest absolute Gasteiger partial charge is 2.00 e. The minimum Gasteiger partial charge on any atom is -0.872 e. The first-order valence-corrected chi connectivity index (χ1v) is 8.03. The molecule has 4 aromatic rings. The van der Waals surface area contributed by atoms with Gasteiger partial charge in [-0.15, -0.1) is 0 Å². The number of rotatable bonds is 2. The number of oxazole rings is 2. The van der Waals surface area contributed by atoms with E-state index in [0.717, 1.165) is 0 Å². The van der Waals surface area contributed by atoms with Crippen LogP contribution in [-0.2, 0) is 0 Å². The van der Waals surface area contributed by atoms with Gasteiger partial charge < -0.3 is 19.0 Å². The van der Waals surface area contributed by atoms with E-state index in [4.69, 9.17) is 32.0 Å². The predicted octanol–water partition coefficient (Wildman–Crippen LogP) is 3.76. The minimum atomic E-state index is -0.185. The Morgan fingerprint density at radius 1 is 0.704 bits per heavy atom. The fraction of sp³-hybridized carbons (Fsp3) is 0. The van der Waals surface area contributed by atoms with Gasteiger partial charge in [-0.1, -0.05) is 46.8 Å². The van der Waals surface area contributed by atoms with Crippen molar-refractivity contribution in [2.75, 3.05) is 0 Å². The van der Waals surface area contributed by atoms with Crippen LogP contribution in [0, 0.1) is 0 Å². The summed E-state index contributed by atoms with van der Waals surface area (Å²) < 4.78 is 9.97. The van der Waals surface area contributed by atoms with Crippen LogP contribution in [0.2, 0.25) is 10.0 Å². The van der Waals surface area contributed by atoms with Crippen molar-refractivity contribution in [2.45, 2.75) is 0 Å². The summed E-state index contributed by atoms with van der Waals surface area (Å²) in [6.07, 6.45) is 5.82. The maximum Gasteiger partial charge on any atom is 2.00 e. The molecule has 0 fully saturated rings. The Balaban J connectivity index is 0.000000187. The zero-order chi connectivity index (χ0) is 18.5. The third-order valence-electron chi connectivity index (χ3n) is 3.21. The van der Waals surface area contributed by atoms with E-state index in [9.17, 15) is 10.2 Å². The molecule has 2 aromatic heterocycles. The van der Waals surface area contributed by atoms with Crippen LogP contribution >= 0.6 is 23.2 Å². The molecule has 27 heavy (non-hydrogen) atoms. The topological polar surface area (TPSA) is 98.2 Å².